The molecule has 1 N–H and O–H groups in total. The van der Waals surface area contributed by atoms with Crippen molar-refractivity contribution in [3.63, 3.8) is 0 Å². The molecule has 1 aromatic carbocycles. The molecule has 5 nitrogen and oxygen atoms in total. The first-order valence-corrected chi connectivity index (χ1v) is 9.68. The first-order valence-electron chi connectivity index (χ1n) is 8.28. The summed E-state index contributed by atoms with van der Waals surface area (Å²) in [5.74, 6) is 0.938. The largest absolute Gasteiger partial charge is 0.349 e. The van der Waals surface area contributed by atoms with Gasteiger partial charge < -0.3 is 15.1 Å². The van der Waals surface area contributed by atoms with Gasteiger partial charge in [-0.2, -0.15) is 11.8 Å². The van der Waals surface area contributed by atoms with Gasteiger partial charge in [-0.3, -0.25) is 4.79 Å². The van der Waals surface area contributed by atoms with Crippen molar-refractivity contribution in [2.45, 2.75) is 25.5 Å². The molecule has 6 heteroatoms. The third kappa shape index (κ3) is 4.44. The minimum Gasteiger partial charge on any atom is -0.349 e. The minimum atomic E-state index is -0.115. The molecular weight excluding hydrogens is 322 g/mol. The van der Waals surface area contributed by atoms with E-state index in [0.717, 1.165) is 29.8 Å². The maximum absolute atomic E-state index is 12.6. The molecule has 132 valence electrons. The number of piperidine rings is 1. The summed E-state index contributed by atoms with van der Waals surface area (Å²) in [5, 5.41) is 3.02. The molecule has 0 saturated carbocycles. The maximum atomic E-state index is 12.6. The van der Waals surface area contributed by atoms with Gasteiger partial charge in [0.05, 0.1) is 5.92 Å². The summed E-state index contributed by atoms with van der Waals surface area (Å²) in [6, 6.07) is 5.89. The van der Waals surface area contributed by atoms with Crippen LogP contribution in [0.15, 0.2) is 18.2 Å². The molecule has 1 aromatic rings. The molecule has 1 aliphatic rings. The Morgan fingerprint density at radius 3 is 2.79 bits per heavy atom. The summed E-state index contributed by atoms with van der Waals surface area (Å²) in [7, 11) is 3.53. The lowest BCUT2D eigenvalue weighted by Crippen LogP contribution is -2.46. The SMILES string of the molecule is CSCc1cccc(NC(=O)N2CCC[C@@H](C(=O)N(C)C)C2)c1C. The highest BCUT2D eigenvalue weighted by Gasteiger charge is 2.29. The van der Waals surface area contributed by atoms with Crippen LogP contribution in [0, 0.1) is 12.8 Å². The molecule has 24 heavy (non-hydrogen) atoms. The van der Waals surface area contributed by atoms with Crippen LogP contribution in [-0.2, 0) is 10.5 Å². The van der Waals surface area contributed by atoms with E-state index in [0.29, 0.717) is 13.1 Å². The molecule has 1 saturated heterocycles. The molecule has 0 radical (unpaired) electrons. The molecule has 2 rings (SSSR count). The fourth-order valence-electron chi connectivity index (χ4n) is 3.05. The number of nitrogens with one attached hydrogen (secondary N) is 1. The van der Waals surface area contributed by atoms with E-state index < -0.39 is 0 Å². The number of anilines is 1. The van der Waals surface area contributed by atoms with Crippen LogP contribution in [-0.4, -0.2) is 55.2 Å². The van der Waals surface area contributed by atoms with Crippen molar-refractivity contribution in [3.8, 4) is 0 Å². The number of carbonyl (C=O) groups is 2. The van der Waals surface area contributed by atoms with E-state index in [-0.39, 0.29) is 17.9 Å². The lowest BCUT2D eigenvalue weighted by Gasteiger charge is -2.33. The van der Waals surface area contributed by atoms with E-state index in [2.05, 4.69) is 17.6 Å². The molecule has 0 aromatic heterocycles. The third-order valence-corrected chi connectivity index (χ3v) is 5.09. The summed E-state index contributed by atoms with van der Waals surface area (Å²) >= 11 is 1.77. The van der Waals surface area contributed by atoms with Gasteiger partial charge in [0, 0.05) is 38.6 Å². The number of hydrogen-bond donors (Lipinski definition) is 1. The molecule has 0 aliphatic carbocycles. The van der Waals surface area contributed by atoms with E-state index in [1.165, 1.54) is 5.56 Å². The Hall–Kier alpha value is -1.69. The molecule has 1 aliphatic heterocycles. The van der Waals surface area contributed by atoms with Gasteiger partial charge in [-0.25, -0.2) is 4.79 Å². The van der Waals surface area contributed by atoms with Crippen molar-refractivity contribution in [2.24, 2.45) is 5.92 Å². The van der Waals surface area contributed by atoms with Crippen LogP contribution in [0.5, 0.6) is 0 Å². The zero-order chi connectivity index (χ0) is 17.7. The summed E-state index contributed by atoms with van der Waals surface area (Å²) in [6.45, 7) is 3.23. The second-order valence-electron chi connectivity index (χ2n) is 6.47. The summed E-state index contributed by atoms with van der Waals surface area (Å²) < 4.78 is 0. The molecule has 0 spiro atoms. The number of rotatable bonds is 4. The van der Waals surface area contributed by atoms with E-state index in [1.54, 1.807) is 35.7 Å². The topological polar surface area (TPSA) is 52.7 Å². The lowest BCUT2D eigenvalue weighted by molar-refractivity contribution is -0.134. The van der Waals surface area contributed by atoms with E-state index in [1.807, 2.05) is 19.1 Å². The number of thioether (sulfide) groups is 1. The Morgan fingerprint density at radius 1 is 1.38 bits per heavy atom. The number of amides is 3. The van der Waals surface area contributed by atoms with Crippen molar-refractivity contribution in [2.75, 3.05) is 38.8 Å². The van der Waals surface area contributed by atoms with E-state index >= 15 is 0 Å². The quantitative estimate of drug-likeness (QED) is 0.908. The Balaban J connectivity index is 2.04. The standard InChI is InChI=1S/C18H27N3O2S/c1-13-15(12-24-4)7-5-9-16(13)19-18(23)21-10-6-8-14(11-21)17(22)20(2)3/h5,7,9,14H,6,8,10-12H2,1-4H3,(H,19,23)/t14-/m1/s1. The lowest BCUT2D eigenvalue weighted by atomic mass is 9.97. The fourth-order valence-corrected chi connectivity index (χ4v) is 3.68. The molecule has 3 amide bonds. The van der Waals surface area contributed by atoms with Gasteiger partial charge in [0.25, 0.3) is 0 Å². The number of urea groups is 1. The van der Waals surface area contributed by atoms with Gasteiger partial charge in [-0.1, -0.05) is 12.1 Å². The summed E-state index contributed by atoms with van der Waals surface area (Å²) in [6.07, 6.45) is 3.78. The smallest absolute Gasteiger partial charge is 0.321 e. The van der Waals surface area contributed by atoms with Gasteiger partial charge in [0.15, 0.2) is 0 Å². The Morgan fingerprint density at radius 2 is 2.12 bits per heavy atom. The van der Waals surface area contributed by atoms with Crippen molar-refractivity contribution in [1.29, 1.82) is 0 Å². The number of hydrogen-bond acceptors (Lipinski definition) is 3. The molecule has 1 heterocycles. The number of benzene rings is 1. The fraction of sp³-hybridized carbons (Fsp3) is 0.556. The van der Waals surface area contributed by atoms with Crippen LogP contribution >= 0.6 is 11.8 Å². The third-order valence-electron chi connectivity index (χ3n) is 4.49. The van der Waals surface area contributed by atoms with Crippen LogP contribution in [0.1, 0.15) is 24.0 Å². The first kappa shape index (κ1) is 18.6. The van der Waals surface area contributed by atoms with Crippen LogP contribution in [0.4, 0.5) is 10.5 Å². The second-order valence-corrected chi connectivity index (χ2v) is 7.34. The molecule has 1 atom stereocenters. The zero-order valence-electron chi connectivity index (χ0n) is 15.0. The monoisotopic (exact) mass is 349 g/mol. The Kier molecular flexibility index (Phi) is 6.54. The average molecular weight is 350 g/mol. The van der Waals surface area contributed by atoms with Crippen LogP contribution in [0.2, 0.25) is 0 Å². The van der Waals surface area contributed by atoms with Gasteiger partial charge in [-0.15, -0.1) is 0 Å². The Labute approximate surface area is 148 Å². The van der Waals surface area contributed by atoms with Gasteiger partial charge >= 0.3 is 6.03 Å². The van der Waals surface area contributed by atoms with Gasteiger partial charge in [-0.05, 0) is 43.2 Å². The number of likely N-dealkylation sites (tertiary alicyclic amines) is 1. The normalized spacial score (nSPS) is 17.5. The van der Waals surface area contributed by atoms with Gasteiger partial charge in [0.2, 0.25) is 5.91 Å². The Bertz CT molecular complexity index is 604. The average Bonchev–Trinajstić information content (AvgIpc) is 2.58. The van der Waals surface area contributed by atoms with Crippen molar-refractivity contribution in [3.05, 3.63) is 29.3 Å². The molecule has 0 unspecified atom stereocenters. The minimum absolute atomic E-state index is 0.0941. The highest BCUT2D eigenvalue weighted by Crippen LogP contribution is 2.24. The highest BCUT2D eigenvalue weighted by atomic mass is 32.2. The predicted octanol–water partition coefficient (Wildman–Crippen LogP) is 3.19. The first-order chi connectivity index (χ1) is 11.4. The second kappa shape index (κ2) is 8.42. The number of nitrogens with zero attached hydrogens (tertiary/aromatic N) is 2. The van der Waals surface area contributed by atoms with Crippen molar-refractivity contribution in [1.82, 2.24) is 9.80 Å². The van der Waals surface area contributed by atoms with Crippen LogP contribution < -0.4 is 5.32 Å². The zero-order valence-corrected chi connectivity index (χ0v) is 15.8. The van der Waals surface area contributed by atoms with Gasteiger partial charge in [0.1, 0.15) is 0 Å². The summed E-state index contributed by atoms with van der Waals surface area (Å²) in [5.41, 5.74) is 3.20. The van der Waals surface area contributed by atoms with Crippen LogP contribution in [0.25, 0.3) is 0 Å². The summed E-state index contributed by atoms with van der Waals surface area (Å²) in [4.78, 5) is 28.1. The molecular formula is C18H27N3O2S. The predicted molar refractivity (Wildman–Crippen MR) is 100 cm³/mol. The van der Waals surface area contributed by atoms with E-state index in [9.17, 15) is 9.59 Å². The van der Waals surface area contributed by atoms with Crippen LogP contribution in [0.3, 0.4) is 0 Å². The molecule has 1 fully saturated rings. The molecule has 0 bridgehead atoms. The number of carbonyl (C=O) groups excluding carboxylic acids is 2. The van der Waals surface area contributed by atoms with E-state index in [4.69, 9.17) is 0 Å². The van der Waals surface area contributed by atoms with Crippen molar-refractivity contribution >= 4 is 29.4 Å². The van der Waals surface area contributed by atoms with Crippen molar-refractivity contribution < 1.29 is 9.59 Å². The highest BCUT2D eigenvalue weighted by molar-refractivity contribution is 7.97. The maximum Gasteiger partial charge on any atom is 0.321 e.